The number of thiocarbonyl (C=S) groups is 1. The molecule has 2 atom stereocenters. The lowest BCUT2D eigenvalue weighted by molar-refractivity contribution is -0.139. The van der Waals surface area contributed by atoms with Crippen molar-refractivity contribution in [3.05, 3.63) is 42.1 Å². The Bertz CT molecular complexity index is 710. The van der Waals surface area contributed by atoms with Crippen LogP contribution < -0.4 is 15.4 Å². The average Bonchev–Trinajstić information content (AvgIpc) is 2.61. The van der Waals surface area contributed by atoms with Gasteiger partial charge in [-0.2, -0.15) is 8.78 Å². The van der Waals surface area contributed by atoms with Gasteiger partial charge in [-0.05, 0) is 18.3 Å². The number of amides is 1. The molecule has 6 nitrogen and oxygen atoms in total. The molecule has 0 saturated carbocycles. The van der Waals surface area contributed by atoms with Crippen molar-refractivity contribution in [2.75, 3.05) is 26.3 Å². The Kier molecular flexibility index (Phi) is 5.67. The van der Waals surface area contributed by atoms with Crippen LogP contribution in [0.2, 0.25) is 0 Å². The Balaban J connectivity index is 1.95. The lowest BCUT2D eigenvalue weighted by Crippen LogP contribution is -2.55. The number of benzene rings is 1. The molecule has 2 saturated heterocycles. The van der Waals surface area contributed by atoms with Gasteiger partial charge in [0.15, 0.2) is 5.11 Å². The third-order valence-electron chi connectivity index (χ3n) is 4.33. The molecule has 0 unspecified atom stereocenters. The van der Waals surface area contributed by atoms with Crippen LogP contribution in [0.25, 0.3) is 0 Å². The second-order valence-electron chi connectivity index (χ2n) is 5.93. The number of rotatable bonds is 4. The van der Waals surface area contributed by atoms with E-state index in [1.807, 2.05) is 0 Å². The van der Waals surface area contributed by atoms with Gasteiger partial charge in [-0.25, -0.2) is 0 Å². The third kappa shape index (κ3) is 3.94. The van der Waals surface area contributed by atoms with E-state index < -0.39 is 18.6 Å². The van der Waals surface area contributed by atoms with E-state index >= 15 is 0 Å². The molecule has 9 heteroatoms. The summed E-state index contributed by atoms with van der Waals surface area (Å²) in [7, 11) is 0. The molecule has 3 rings (SSSR count). The first kappa shape index (κ1) is 18.5. The number of para-hydroxylation sites is 1. The monoisotopic (exact) mass is 383 g/mol. The Morgan fingerprint density at radius 3 is 2.73 bits per heavy atom. The van der Waals surface area contributed by atoms with E-state index in [2.05, 4.69) is 21.9 Å². The Morgan fingerprint density at radius 2 is 2.04 bits per heavy atom. The zero-order chi connectivity index (χ0) is 18.7. The molecular weight excluding hydrogens is 364 g/mol. The largest absolute Gasteiger partial charge is 0.434 e. The smallest absolute Gasteiger partial charge is 0.387 e. The van der Waals surface area contributed by atoms with E-state index in [4.69, 9.17) is 17.0 Å². The maximum absolute atomic E-state index is 13.1. The molecule has 0 bridgehead atoms. The number of halogens is 2. The summed E-state index contributed by atoms with van der Waals surface area (Å²) in [4.78, 5) is 14.8. The third-order valence-corrected chi connectivity index (χ3v) is 4.55. The van der Waals surface area contributed by atoms with Crippen LogP contribution in [-0.2, 0) is 9.53 Å². The first-order chi connectivity index (χ1) is 12.5. The number of hydrogen-bond donors (Lipinski definition) is 2. The lowest BCUT2D eigenvalue weighted by Gasteiger charge is -2.39. The zero-order valence-electron chi connectivity index (χ0n) is 13.9. The summed E-state index contributed by atoms with van der Waals surface area (Å²) in [6, 6.07) is 5.69. The number of nitrogens with one attached hydrogen (secondary N) is 2. The van der Waals surface area contributed by atoms with Crippen molar-refractivity contribution in [2.45, 2.75) is 12.7 Å². The summed E-state index contributed by atoms with van der Waals surface area (Å²) in [5.41, 5.74) is 0.839. The van der Waals surface area contributed by atoms with Crippen molar-refractivity contribution in [2.24, 2.45) is 5.92 Å². The van der Waals surface area contributed by atoms with Crippen LogP contribution in [0.4, 0.5) is 8.78 Å². The van der Waals surface area contributed by atoms with Crippen molar-refractivity contribution in [1.29, 1.82) is 0 Å². The summed E-state index contributed by atoms with van der Waals surface area (Å²) in [6.45, 7) is 2.80. The molecule has 1 aromatic carbocycles. The highest BCUT2D eigenvalue weighted by Crippen LogP contribution is 2.36. The summed E-state index contributed by atoms with van der Waals surface area (Å²) >= 11 is 5.17. The lowest BCUT2D eigenvalue weighted by atomic mass is 9.87. The minimum atomic E-state index is -2.97. The van der Waals surface area contributed by atoms with Crippen LogP contribution in [0.5, 0.6) is 5.75 Å². The van der Waals surface area contributed by atoms with Gasteiger partial charge in [-0.3, -0.25) is 4.79 Å². The topological polar surface area (TPSA) is 62.8 Å². The molecule has 2 aliphatic rings. The molecule has 0 aliphatic carbocycles. The van der Waals surface area contributed by atoms with Gasteiger partial charge in [0.05, 0.1) is 19.3 Å². The fourth-order valence-corrected chi connectivity index (χ4v) is 3.41. The molecule has 1 amide bonds. The molecule has 26 heavy (non-hydrogen) atoms. The van der Waals surface area contributed by atoms with Gasteiger partial charge in [-0.1, -0.05) is 24.8 Å². The van der Waals surface area contributed by atoms with Crippen molar-refractivity contribution in [3.8, 4) is 5.75 Å². The Labute approximate surface area is 155 Å². The standard InChI is InChI=1S/C17H19F2N3O3S/c1-10-13(15(23)22-6-8-24-9-7-22)14(21-17(26)20-10)11-4-2-3-5-12(11)25-16(18)19/h2-5,13-14,16H,1,6-9H2,(H2,20,21,26)/t13-,14-/m1/s1. The van der Waals surface area contributed by atoms with E-state index in [0.717, 1.165) is 0 Å². The number of morpholine rings is 1. The summed E-state index contributed by atoms with van der Waals surface area (Å²) < 4.78 is 35.5. The van der Waals surface area contributed by atoms with Gasteiger partial charge in [0.1, 0.15) is 11.7 Å². The maximum Gasteiger partial charge on any atom is 0.387 e. The first-order valence-corrected chi connectivity index (χ1v) is 8.55. The SMILES string of the molecule is C=C1NC(=S)N[C@H](c2ccccc2OC(F)F)[C@@H]1C(=O)N1CCOCC1. The molecule has 2 fully saturated rings. The van der Waals surface area contributed by atoms with Gasteiger partial charge >= 0.3 is 6.61 Å². The van der Waals surface area contributed by atoms with E-state index in [9.17, 15) is 13.6 Å². The molecule has 2 aliphatic heterocycles. The fraction of sp³-hybridized carbons (Fsp3) is 0.412. The summed E-state index contributed by atoms with van der Waals surface area (Å²) in [6.07, 6.45) is 0. The van der Waals surface area contributed by atoms with Crippen molar-refractivity contribution >= 4 is 23.2 Å². The number of nitrogens with zero attached hydrogens (tertiary/aromatic N) is 1. The predicted octanol–water partition coefficient (Wildman–Crippen LogP) is 1.80. The van der Waals surface area contributed by atoms with E-state index in [1.54, 1.807) is 23.1 Å². The molecule has 0 aromatic heterocycles. The highest BCUT2D eigenvalue weighted by molar-refractivity contribution is 7.80. The second-order valence-corrected chi connectivity index (χ2v) is 6.34. The van der Waals surface area contributed by atoms with Gasteiger partial charge < -0.3 is 25.0 Å². The van der Waals surface area contributed by atoms with Crippen LogP contribution in [0, 0.1) is 5.92 Å². The molecule has 2 heterocycles. The van der Waals surface area contributed by atoms with Crippen LogP contribution in [0.1, 0.15) is 11.6 Å². The number of hydrogen-bond acceptors (Lipinski definition) is 4. The first-order valence-electron chi connectivity index (χ1n) is 8.14. The van der Waals surface area contributed by atoms with Crippen molar-refractivity contribution in [3.63, 3.8) is 0 Å². The predicted molar refractivity (Wildman–Crippen MR) is 94.7 cm³/mol. The summed E-state index contributed by atoms with van der Waals surface area (Å²) in [5.74, 6) is -0.892. The minimum Gasteiger partial charge on any atom is -0.434 e. The Hall–Kier alpha value is -2.26. The quantitative estimate of drug-likeness (QED) is 0.773. The number of alkyl halides is 2. The fourth-order valence-electron chi connectivity index (χ4n) is 3.16. The highest BCUT2D eigenvalue weighted by atomic mass is 32.1. The minimum absolute atomic E-state index is 0.00252. The zero-order valence-corrected chi connectivity index (χ0v) is 14.7. The molecule has 2 N–H and O–H groups in total. The van der Waals surface area contributed by atoms with Crippen LogP contribution in [0.3, 0.4) is 0 Å². The highest BCUT2D eigenvalue weighted by Gasteiger charge is 2.40. The van der Waals surface area contributed by atoms with E-state index in [0.29, 0.717) is 37.6 Å². The van der Waals surface area contributed by atoms with Crippen molar-refractivity contribution < 1.29 is 23.0 Å². The number of carbonyl (C=O) groups is 1. The van der Waals surface area contributed by atoms with Gasteiger partial charge in [0.2, 0.25) is 5.91 Å². The number of carbonyl (C=O) groups excluding carboxylic acids is 1. The molecule has 140 valence electrons. The van der Waals surface area contributed by atoms with Crippen LogP contribution in [0.15, 0.2) is 36.5 Å². The normalized spacial score (nSPS) is 23.4. The van der Waals surface area contributed by atoms with Gasteiger partial charge in [-0.15, -0.1) is 0 Å². The van der Waals surface area contributed by atoms with E-state index in [-0.39, 0.29) is 16.8 Å². The van der Waals surface area contributed by atoms with E-state index in [1.165, 1.54) is 6.07 Å². The molecular formula is C17H19F2N3O3S. The second kappa shape index (κ2) is 7.96. The molecule has 0 spiro atoms. The average molecular weight is 383 g/mol. The van der Waals surface area contributed by atoms with Crippen LogP contribution >= 0.6 is 12.2 Å². The Morgan fingerprint density at radius 1 is 1.35 bits per heavy atom. The maximum atomic E-state index is 13.1. The molecule has 0 radical (unpaired) electrons. The van der Waals surface area contributed by atoms with Gasteiger partial charge in [0.25, 0.3) is 0 Å². The van der Waals surface area contributed by atoms with Crippen molar-refractivity contribution in [1.82, 2.24) is 15.5 Å². The summed E-state index contributed by atoms with van der Waals surface area (Å²) in [5, 5.41) is 6.15. The van der Waals surface area contributed by atoms with Crippen LogP contribution in [-0.4, -0.2) is 48.8 Å². The number of ether oxygens (including phenoxy) is 2. The molecule has 1 aromatic rings. The van der Waals surface area contributed by atoms with Gasteiger partial charge in [0, 0.05) is 24.4 Å².